The molecule has 0 aliphatic carbocycles. The summed E-state index contributed by atoms with van der Waals surface area (Å²) in [6.07, 6.45) is 0. The summed E-state index contributed by atoms with van der Waals surface area (Å²) in [5, 5.41) is 17.2. The minimum Gasteiger partial charge on any atom is -0.321 e. The summed E-state index contributed by atoms with van der Waals surface area (Å²) >= 11 is 1.36. The van der Waals surface area contributed by atoms with Gasteiger partial charge in [0, 0.05) is 11.1 Å². The van der Waals surface area contributed by atoms with Crippen molar-refractivity contribution in [3.05, 3.63) is 82.1 Å². The molecule has 0 bridgehead atoms. The highest BCUT2D eigenvalue weighted by Gasteiger charge is 2.16. The van der Waals surface area contributed by atoms with E-state index in [0.29, 0.717) is 22.7 Å². The van der Waals surface area contributed by atoms with Crippen molar-refractivity contribution < 1.29 is 9.18 Å². The highest BCUT2D eigenvalue weighted by Crippen LogP contribution is 2.29. The van der Waals surface area contributed by atoms with E-state index in [0.717, 1.165) is 21.5 Å². The van der Waals surface area contributed by atoms with Gasteiger partial charge in [0.05, 0.1) is 28.7 Å². The third-order valence-corrected chi connectivity index (χ3v) is 5.50. The Labute approximate surface area is 164 Å². The van der Waals surface area contributed by atoms with Gasteiger partial charge in [-0.1, -0.05) is 12.1 Å². The number of hydrogen-bond donors (Lipinski definition) is 1. The first kappa shape index (κ1) is 17.9. The van der Waals surface area contributed by atoms with Gasteiger partial charge in [0.2, 0.25) is 0 Å². The minimum atomic E-state index is -0.275. The fraction of sp³-hybridized carbons (Fsp3) is 0.0952. The van der Waals surface area contributed by atoms with E-state index < -0.39 is 0 Å². The fourth-order valence-corrected chi connectivity index (χ4v) is 3.97. The molecule has 0 atom stereocenters. The van der Waals surface area contributed by atoms with Crippen LogP contribution < -0.4 is 5.32 Å². The SMILES string of the molecule is Cc1nn(Cc2ccc(F)cc2)c2sc(C(=O)Nc3ccc(C#N)cc3)cc12. The van der Waals surface area contributed by atoms with Crippen LogP contribution in [0.1, 0.15) is 26.5 Å². The standard InChI is InChI=1S/C21H15FN4OS/c1-13-18-10-19(20(27)24-17-8-4-14(11-23)5-9-17)28-21(18)26(25-13)12-15-2-6-16(22)7-3-15/h2-10H,12H2,1H3,(H,24,27). The molecule has 28 heavy (non-hydrogen) atoms. The van der Waals surface area contributed by atoms with Gasteiger partial charge >= 0.3 is 0 Å². The number of aryl methyl sites for hydroxylation is 1. The maximum Gasteiger partial charge on any atom is 0.265 e. The molecule has 4 aromatic rings. The highest BCUT2D eigenvalue weighted by molar-refractivity contribution is 7.20. The van der Waals surface area contributed by atoms with Gasteiger partial charge in [0.25, 0.3) is 5.91 Å². The predicted molar refractivity (Wildman–Crippen MR) is 107 cm³/mol. The quantitative estimate of drug-likeness (QED) is 0.548. The van der Waals surface area contributed by atoms with Crippen molar-refractivity contribution in [2.24, 2.45) is 0 Å². The van der Waals surface area contributed by atoms with Crippen molar-refractivity contribution in [2.45, 2.75) is 13.5 Å². The van der Waals surface area contributed by atoms with Crippen LogP contribution in [0.25, 0.3) is 10.2 Å². The van der Waals surface area contributed by atoms with Crippen molar-refractivity contribution in [3.8, 4) is 6.07 Å². The molecule has 0 unspecified atom stereocenters. The lowest BCUT2D eigenvalue weighted by Crippen LogP contribution is -2.10. The topological polar surface area (TPSA) is 70.7 Å². The Kier molecular flexibility index (Phi) is 4.63. The number of halogens is 1. The molecule has 4 rings (SSSR count). The molecule has 7 heteroatoms. The number of anilines is 1. The Bertz CT molecular complexity index is 1200. The molecule has 2 aromatic heterocycles. The van der Waals surface area contributed by atoms with Gasteiger partial charge in [0.1, 0.15) is 10.6 Å². The average molecular weight is 390 g/mol. The molecule has 2 aromatic carbocycles. The summed E-state index contributed by atoms with van der Waals surface area (Å²) in [6.45, 7) is 2.40. The molecule has 0 aliphatic rings. The van der Waals surface area contributed by atoms with Crippen LogP contribution in [0.4, 0.5) is 10.1 Å². The normalized spacial score (nSPS) is 10.8. The van der Waals surface area contributed by atoms with E-state index in [9.17, 15) is 9.18 Å². The number of thiophene rings is 1. The molecule has 2 heterocycles. The third kappa shape index (κ3) is 3.50. The van der Waals surface area contributed by atoms with Crippen molar-refractivity contribution in [1.29, 1.82) is 5.26 Å². The summed E-state index contributed by atoms with van der Waals surface area (Å²) in [6, 6.07) is 16.9. The Hall–Kier alpha value is -3.50. The fourth-order valence-electron chi connectivity index (χ4n) is 2.92. The molecule has 5 nitrogen and oxygen atoms in total. The number of rotatable bonds is 4. The van der Waals surface area contributed by atoms with Crippen LogP contribution >= 0.6 is 11.3 Å². The smallest absolute Gasteiger partial charge is 0.265 e. The predicted octanol–water partition coefficient (Wildman–Crippen LogP) is 4.72. The molecule has 0 aliphatic heterocycles. The van der Waals surface area contributed by atoms with Crippen LogP contribution in [0, 0.1) is 24.1 Å². The third-order valence-electron chi connectivity index (χ3n) is 4.35. The number of nitriles is 1. The Morgan fingerprint density at radius 3 is 2.61 bits per heavy atom. The van der Waals surface area contributed by atoms with Crippen molar-refractivity contribution in [1.82, 2.24) is 9.78 Å². The minimum absolute atomic E-state index is 0.210. The maximum absolute atomic E-state index is 13.1. The molecular formula is C21H15FN4OS. The molecule has 0 saturated heterocycles. The van der Waals surface area contributed by atoms with E-state index in [1.54, 1.807) is 36.4 Å². The van der Waals surface area contributed by atoms with Gasteiger partial charge in [-0.3, -0.25) is 9.48 Å². The van der Waals surface area contributed by atoms with Gasteiger partial charge in [0.15, 0.2) is 0 Å². The zero-order valence-electron chi connectivity index (χ0n) is 14.9. The second-order valence-corrected chi connectivity index (χ2v) is 7.37. The number of amides is 1. The monoisotopic (exact) mass is 390 g/mol. The van der Waals surface area contributed by atoms with E-state index in [4.69, 9.17) is 5.26 Å². The first-order valence-corrected chi connectivity index (χ1v) is 9.38. The molecule has 0 saturated carbocycles. The highest BCUT2D eigenvalue weighted by atomic mass is 32.1. The number of aromatic nitrogens is 2. The van der Waals surface area contributed by atoms with Gasteiger partial charge in [-0.25, -0.2) is 4.39 Å². The first-order chi connectivity index (χ1) is 13.5. The molecule has 1 N–H and O–H groups in total. The second kappa shape index (κ2) is 7.25. The Morgan fingerprint density at radius 1 is 1.21 bits per heavy atom. The number of carbonyl (C=O) groups excluding carboxylic acids is 1. The molecule has 1 amide bonds. The second-order valence-electron chi connectivity index (χ2n) is 6.34. The lowest BCUT2D eigenvalue weighted by atomic mass is 10.2. The van der Waals surface area contributed by atoms with Gasteiger partial charge in [-0.15, -0.1) is 11.3 Å². The molecular weight excluding hydrogens is 375 g/mol. The summed E-state index contributed by atoms with van der Waals surface area (Å²) < 4.78 is 14.9. The van der Waals surface area contributed by atoms with E-state index in [1.807, 2.05) is 23.7 Å². The molecule has 0 spiro atoms. The van der Waals surface area contributed by atoms with Crippen LogP contribution in [-0.4, -0.2) is 15.7 Å². The van der Waals surface area contributed by atoms with Crippen LogP contribution in [0.2, 0.25) is 0 Å². The number of carbonyl (C=O) groups is 1. The number of nitrogens with one attached hydrogen (secondary N) is 1. The number of hydrogen-bond acceptors (Lipinski definition) is 4. The largest absolute Gasteiger partial charge is 0.321 e. The molecule has 0 fully saturated rings. The van der Waals surface area contributed by atoms with Crippen LogP contribution in [0.15, 0.2) is 54.6 Å². The maximum atomic E-state index is 13.1. The van der Waals surface area contributed by atoms with Crippen molar-refractivity contribution in [2.75, 3.05) is 5.32 Å². The lowest BCUT2D eigenvalue weighted by molar-refractivity contribution is 0.103. The Morgan fingerprint density at radius 2 is 1.93 bits per heavy atom. The van der Waals surface area contributed by atoms with Gasteiger partial charge < -0.3 is 5.32 Å². The molecule has 138 valence electrons. The van der Waals surface area contributed by atoms with Crippen LogP contribution in [0.5, 0.6) is 0 Å². The lowest BCUT2D eigenvalue weighted by Gasteiger charge is -2.04. The first-order valence-electron chi connectivity index (χ1n) is 8.56. The summed E-state index contributed by atoms with van der Waals surface area (Å²) in [4.78, 5) is 14.1. The van der Waals surface area contributed by atoms with Gasteiger partial charge in [-0.2, -0.15) is 10.4 Å². The number of fused-ring (bicyclic) bond motifs is 1. The zero-order valence-corrected chi connectivity index (χ0v) is 15.8. The van der Waals surface area contributed by atoms with Crippen LogP contribution in [-0.2, 0) is 6.54 Å². The van der Waals surface area contributed by atoms with E-state index in [1.165, 1.54) is 23.5 Å². The van der Waals surface area contributed by atoms with E-state index in [-0.39, 0.29) is 11.7 Å². The van der Waals surface area contributed by atoms with E-state index >= 15 is 0 Å². The summed E-state index contributed by atoms with van der Waals surface area (Å²) in [5.41, 5.74) is 2.94. The summed E-state index contributed by atoms with van der Waals surface area (Å²) in [7, 11) is 0. The molecule has 0 radical (unpaired) electrons. The number of nitrogens with zero attached hydrogens (tertiary/aromatic N) is 3. The average Bonchev–Trinajstić information content (AvgIpc) is 3.26. The van der Waals surface area contributed by atoms with E-state index in [2.05, 4.69) is 10.4 Å². The van der Waals surface area contributed by atoms with Crippen LogP contribution in [0.3, 0.4) is 0 Å². The summed E-state index contributed by atoms with van der Waals surface area (Å²) in [5.74, 6) is -0.484. The van der Waals surface area contributed by atoms with Crippen molar-refractivity contribution >= 4 is 33.1 Å². The van der Waals surface area contributed by atoms with Crippen molar-refractivity contribution in [3.63, 3.8) is 0 Å². The Balaban J connectivity index is 1.59. The number of benzene rings is 2. The van der Waals surface area contributed by atoms with Gasteiger partial charge in [-0.05, 0) is 55.0 Å². The zero-order chi connectivity index (χ0) is 19.7.